The largest absolute Gasteiger partial charge is 0.339 e. The number of carbonyl (C=O) groups is 1. The zero-order valence-electron chi connectivity index (χ0n) is 13.1. The normalized spacial score (nSPS) is 18.7. The molecular weight excluding hydrogens is 321 g/mol. The molecule has 0 spiro atoms. The Balaban J connectivity index is 1.84. The molecule has 1 fully saturated rings. The minimum Gasteiger partial charge on any atom is -0.339 e. The molecule has 1 atom stereocenters. The van der Waals surface area contributed by atoms with Gasteiger partial charge < -0.3 is 9.42 Å². The lowest BCUT2D eigenvalue weighted by molar-refractivity contribution is -0.117. The van der Waals surface area contributed by atoms with E-state index < -0.39 is 5.82 Å². The summed E-state index contributed by atoms with van der Waals surface area (Å²) in [6, 6.07) is 3.99. The van der Waals surface area contributed by atoms with Gasteiger partial charge in [0.2, 0.25) is 11.8 Å². The molecule has 1 aromatic heterocycles. The molecular formula is C16H17ClFN3O2. The van der Waals surface area contributed by atoms with Crippen LogP contribution in [-0.4, -0.2) is 22.6 Å². The Morgan fingerprint density at radius 1 is 1.39 bits per heavy atom. The smallest absolute Gasteiger partial charge is 0.232 e. The van der Waals surface area contributed by atoms with Gasteiger partial charge in [0.1, 0.15) is 5.82 Å². The minimum atomic E-state index is -0.436. The molecule has 1 unspecified atom stereocenters. The van der Waals surface area contributed by atoms with Crippen molar-refractivity contribution in [2.24, 2.45) is 0 Å². The highest BCUT2D eigenvalue weighted by Crippen LogP contribution is 2.35. The SMILES string of the molecule is CC(C)(C)c1noc(C2CC(=O)N(c3ccc(F)cc3Cl)C2)n1. The van der Waals surface area contributed by atoms with E-state index in [0.717, 1.165) is 0 Å². The van der Waals surface area contributed by atoms with Crippen LogP contribution in [0.15, 0.2) is 22.7 Å². The molecule has 5 nitrogen and oxygen atoms in total. The number of anilines is 1. The van der Waals surface area contributed by atoms with E-state index in [0.29, 0.717) is 23.9 Å². The fraction of sp³-hybridized carbons (Fsp3) is 0.438. The molecule has 1 saturated heterocycles. The third kappa shape index (κ3) is 3.08. The summed E-state index contributed by atoms with van der Waals surface area (Å²) >= 11 is 6.05. The second-order valence-corrected chi connectivity index (χ2v) is 7.11. The van der Waals surface area contributed by atoms with Crippen molar-refractivity contribution in [1.82, 2.24) is 10.1 Å². The van der Waals surface area contributed by atoms with E-state index in [-0.39, 0.29) is 28.7 Å². The Bertz CT molecular complexity index is 754. The van der Waals surface area contributed by atoms with Gasteiger partial charge in [0, 0.05) is 18.4 Å². The highest BCUT2D eigenvalue weighted by molar-refractivity contribution is 6.33. The minimum absolute atomic E-state index is 0.0981. The number of carbonyl (C=O) groups excluding carboxylic acids is 1. The first kappa shape index (κ1) is 15.9. The maximum atomic E-state index is 13.2. The molecule has 1 aliphatic heterocycles. The fourth-order valence-corrected chi connectivity index (χ4v) is 2.78. The van der Waals surface area contributed by atoms with Crippen LogP contribution >= 0.6 is 11.6 Å². The Labute approximate surface area is 138 Å². The zero-order chi connectivity index (χ0) is 16.8. The third-order valence-corrected chi connectivity index (χ3v) is 4.09. The van der Waals surface area contributed by atoms with E-state index in [1.165, 1.54) is 23.1 Å². The molecule has 3 rings (SSSR count). The van der Waals surface area contributed by atoms with Crippen LogP contribution in [0.3, 0.4) is 0 Å². The Morgan fingerprint density at radius 3 is 2.74 bits per heavy atom. The summed E-state index contributed by atoms with van der Waals surface area (Å²) < 4.78 is 18.5. The van der Waals surface area contributed by atoms with Crippen LogP contribution in [-0.2, 0) is 10.2 Å². The molecule has 0 aliphatic carbocycles. The number of nitrogens with zero attached hydrogens (tertiary/aromatic N) is 3. The monoisotopic (exact) mass is 337 g/mol. The summed E-state index contributed by atoms with van der Waals surface area (Å²) in [6.45, 7) is 6.36. The highest BCUT2D eigenvalue weighted by Gasteiger charge is 2.36. The van der Waals surface area contributed by atoms with Crippen molar-refractivity contribution in [3.05, 3.63) is 40.8 Å². The van der Waals surface area contributed by atoms with Crippen LogP contribution in [0.25, 0.3) is 0 Å². The predicted molar refractivity (Wildman–Crippen MR) is 84.1 cm³/mol. The molecule has 1 aromatic carbocycles. The molecule has 0 saturated carbocycles. The molecule has 2 aromatic rings. The average molecular weight is 338 g/mol. The first-order chi connectivity index (χ1) is 10.8. The van der Waals surface area contributed by atoms with Crippen LogP contribution in [0.2, 0.25) is 5.02 Å². The van der Waals surface area contributed by atoms with Gasteiger partial charge >= 0.3 is 0 Å². The van der Waals surface area contributed by atoms with Crippen molar-refractivity contribution < 1.29 is 13.7 Å². The van der Waals surface area contributed by atoms with Gasteiger partial charge in [-0.1, -0.05) is 37.5 Å². The van der Waals surface area contributed by atoms with Crippen molar-refractivity contribution in [3.63, 3.8) is 0 Å². The van der Waals surface area contributed by atoms with E-state index in [9.17, 15) is 9.18 Å². The van der Waals surface area contributed by atoms with Gasteiger partial charge in [0.05, 0.1) is 16.6 Å². The molecule has 23 heavy (non-hydrogen) atoms. The van der Waals surface area contributed by atoms with Gasteiger partial charge in [0.15, 0.2) is 5.82 Å². The Hall–Kier alpha value is -1.95. The second-order valence-electron chi connectivity index (χ2n) is 6.71. The zero-order valence-corrected chi connectivity index (χ0v) is 13.9. The average Bonchev–Trinajstić information content (AvgIpc) is 3.05. The van der Waals surface area contributed by atoms with E-state index in [2.05, 4.69) is 10.1 Å². The summed E-state index contributed by atoms with van der Waals surface area (Å²) in [7, 11) is 0. The topological polar surface area (TPSA) is 59.2 Å². The third-order valence-electron chi connectivity index (χ3n) is 3.79. The molecule has 1 aliphatic rings. The number of halogens is 2. The van der Waals surface area contributed by atoms with E-state index in [1.54, 1.807) is 0 Å². The van der Waals surface area contributed by atoms with Crippen LogP contribution in [0.4, 0.5) is 10.1 Å². The van der Waals surface area contributed by atoms with Gasteiger partial charge in [-0.15, -0.1) is 0 Å². The Morgan fingerprint density at radius 2 is 2.13 bits per heavy atom. The van der Waals surface area contributed by atoms with Crippen molar-refractivity contribution in [3.8, 4) is 0 Å². The van der Waals surface area contributed by atoms with E-state index >= 15 is 0 Å². The maximum Gasteiger partial charge on any atom is 0.232 e. The quantitative estimate of drug-likeness (QED) is 0.838. The number of benzene rings is 1. The van der Waals surface area contributed by atoms with E-state index in [4.69, 9.17) is 16.1 Å². The summed E-state index contributed by atoms with van der Waals surface area (Å²) in [5.74, 6) is 0.335. The van der Waals surface area contributed by atoms with Gasteiger partial charge in [-0.05, 0) is 18.2 Å². The van der Waals surface area contributed by atoms with Gasteiger partial charge in [0.25, 0.3) is 0 Å². The van der Waals surface area contributed by atoms with Gasteiger partial charge in [-0.25, -0.2) is 4.39 Å². The molecule has 7 heteroatoms. The summed E-state index contributed by atoms with van der Waals surface area (Å²) in [6.07, 6.45) is 0.263. The van der Waals surface area contributed by atoms with Crippen LogP contribution in [0.5, 0.6) is 0 Å². The number of rotatable bonds is 2. The van der Waals surface area contributed by atoms with Crippen molar-refractivity contribution in [1.29, 1.82) is 0 Å². The molecule has 1 amide bonds. The fourth-order valence-electron chi connectivity index (χ4n) is 2.51. The predicted octanol–water partition coefficient (Wildman–Crippen LogP) is 3.68. The van der Waals surface area contributed by atoms with Crippen molar-refractivity contribution >= 4 is 23.2 Å². The highest BCUT2D eigenvalue weighted by atomic mass is 35.5. The van der Waals surface area contributed by atoms with Crippen molar-refractivity contribution in [2.75, 3.05) is 11.4 Å². The van der Waals surface area contributed by atoms with Crippen LogP contribution < -0.4 is 4.90 Å². The summed E-state index contributed by atoms with van der Waals surface area (Å²) in [5, 5.41) is 4.20. The lowest BCUT2D eigenvalue weighted by atomic mass is 9.96. The first-order valence-electron chi connectivity index (χ1n) is 7.35. The maximum absolute atomic E-state index is 13.2. The molecule has 0 N–H and O–H groups in total. The number of aromatic nitrogens is 2. The molecule has 122 valence electrons. The van der Waals surface area contributed by atoms with Gasteiger partial charge in [-0.2, -0.15) is 4.98 Å². The molecule has 0 bridgehead atoms. The van der Waals surface area contributed by atoms with Crippen LogP contribution in [0, 0.1) is 5.82 Å². The number of hydrogen-bond donors (Lipinski definition) is 0. The first-order valence-corrected chi connectivity index (χ1v) is 7.73. The van der Waals surface area contributed by atoms with Crippen molar-refractivity contribution in [2.45, 2.75) is 38.5 Å². The Kier molecular flexibility index (Phi) is 3.88. The van der Waals surface area contributed by atoms with Crippen LogP contribution in [0.1, 0.15) is 44.8 Å². The number of amides is 1. The van der Waals surface area contributed by atoms with Gasteiger partial charge in [-0.3, -0.25) is 4.79 Å². The summed E-state index contributed by atoms with van der Waals surface area (Å²) in [4.78, 5) is 18.2. The van der Waals surface area contributed by atoms with E-state index in [1.807, 2.05) is 20.8 Å². The lowest BCUT2D eigenvalue weighted by Crippen LogP contribution is -2.24. The standard InChI is InChI=1S/C16H17ClFN3O2/c1-16(2,3)15-19-14(23-20-15)9-6-13(22)21(8-9)12-5-4-10(18)7-11(12)17/h4-5,7,9H,6,8H2,1-3H3. The lowest BCUT2D eigenvalue weighted by Gasteiger charge is -2.17. The molecule has 2 heterocycles. The summed E-state index contributed by atoms with van der Waals surface area (Å²) in [5.41, 5.74) is 0.278. The number of hydrogen-bond acceptors (Lipinski definition) is 4. The second kappa shape index (κ2) is 5.60. The molecule has 0 radical (unpaired) electrons.